The minimum absolute atomic E-state index is 0. The lowest BCUT2D eigenvalue weighted by molar-refractivity contribution is 0.180. The molecule has 6 nitrogen and oxygen atoms in total. The average Bonchev–Trinajstić information content (AvgIpc) is 3.11. The fourth-order valence-corrected chi connectivity index (χ4v) is 2.78. The molecular formula is C18H30IN3O3. The van der Waals surface area contributed by atoms with E-state index in [-0.39, 0.29) is 24.0 Å². The van der Waals surface area contributed by atoms with Crippen LogP contribution in [0.15, 0.2) is 29.3 Å². The molecule has 2 atom stereocenters. The SMILES string of the molecule is CCNC(=NCC(O)c1ccc(OC)cc1)N(C)CC1CCOC1.I. The molecule has 2 N–H and O–H groups in total. The zero-order valence-electron chi connectivity index (χ0n) is 15.3. The number of aliphatic hydroxyl groups is 1. The number of methoxy groups -OCH3 is 1. The summed E-state index contributed by atoms with van der Waals surface area (Å²) in [5, 5.41) is 13.6. The number of nitrogens with zero attached hydrogens (tertiary/aromatic N) is 2. The second-order valence-electron chi connectivity index (χ2n) is 6.09. The Balaban J connectivity index is 0.00000312. The van der Waals surface area contributed by atoms with Crippen molar-refractivity contribution in [3.05, 3.63) is 29.8 Å². The molecule has 0 aliphatic carbocycles. The molecular weight excluding hydrogens is 433 g/mol. The highest BCUT2D eigenvalue weighted by Gasteiger charge is 2.19. The van der Waals surface area contributed by atoms with E-state index in [1.807, 2.05) is 38.2 Å². The summed E-state index contributed by atoms with van der Waals surface area (Å²) in [5.41, 5.74) is 0.835. The highest BCUT2D eigenvalue weighted by atomic mass is 127. The number of halogens is 1. The Kier molecular flexibility index (Phi) is 10.1. The van der Waals surface area contributed by atoms with E-state index in [9.17, 15) is 5.11 Å². The number of hydrogen-bond donors (Lipinski definition) is 2. The molecule has 0 spiro atoms. The number of hydrogen-bond acceptors (Lipinski definition) is 4. The van der Waals surface area contributed by atoms with Crippen LogP contribution in [-0.4, -0.2) is 63.0 Å². The first-order valence-corrected chi connectivity index (χ1v) is 8.53. The van der Waals surface area contributed by atoms with Crippen molar-refractivity contribution < 1.29 is 14.6 Å². The van der Waals surface area contributed by atoms with Gasteiger partial charge in [0.1, 0.15) is 5.75 Å². The quantitative estimate of drug-likeness (QED) is 0.369. The molecule has 1 aromatic rings. The van der Waals surface area contributed by atoms with Crippen LogP contribution in [0.1, 0.15) is 25.0 Å². The van der Waals surface area contributed by atoms with Gasteiger partial charge in [0.05, 0.1) is 26.4 Å². The van der Waals surface area contributed by atoms with E-state index in [4.69, 9.17) is 9.47 Å². The van der Waals surface area contributed by atoms with Crippen molar-refractivity contribution in [3.63, 3.8) is 0 Å². The van der Waals surface area contributed by atoms with Crippen molar-refractivity contribution in [2.45, 2.75) is 19.4 Å². The third kappa shape index (κ3) is 6.99. The molecule has 0 bridgehead atoms. The summed E-state index contributed by atoms with van der Waals surface area (Å²) in [4.78, 5) is 6.70. The molecule has 0 radical (unpaired) electrons. The van der Waals surface area contributed by atoms with Gasteiger partial charge in [-0.25, -0.2) is 0 Å². The van der Waals surface area contributed by atoms with Crippen molar-refractivity contribution in [2.75, 3.05) is 47.0 Å². The average molecular weight is 463 g/mol. The Bertz CT molecular complexity index is 519. The van der Waals surface area contributed by atoms with Gasteiger partial charge in [0, 0.05) is 32.7 Å². The molecule has 25 heavy (non-hydrogen) atoms. The van der Waals surface area contributed by atoms with Gasteiger partial charge in [-0.05, 0) is 31.0 Å². The van der Waals surface area contributed by atoms with Crippen LogP contribution in [0, 0.1) is 5.92 Å². The monoisotopic (exact) mass is 463 g/mol. The van der Waals surface area contributed by atoms with E-state index in [2.05, 4.69) is 15.2 Å². The predicted molar refractivity (Wildman–Crippen MR) is 111 cm³/mol. The van der Waals surface area contributed by atoms with E-state index in [0.29, 0.717) is 12.5 Å². The molecule has 1 aliphatic rings. The van der Waals surface area contributed by atoms with E-state index < -0.39 is 6.10 Å². The number of ether oxygens (including phenoxy) is 2. The summed E-state index contributed by atoms with van der Waals surface area (Å²) in [6.45, 7) is 5.73. The van der Waals surface area contributed by atoms with E-state index in [1.54, 1.807) is 7.11 Å². The molecule has 2 rings (SSSR count). The molecule has 1 saturated heterocycles. The van der Waals surface area contributed by atoms with Crippen LogP contribution in [-0.2, 0) is 4.74 Å². The van der Waals surface area contributed by atoms with Gasteiger partial charge >= 0.3 is 0 Å². The molecule has 1 fully saturated rings. The topological polar surface area (TPSA) is 66.3 Å². The zero-order valence-corrected chi connectivity index (χ0v) is 17.6. The molecule has 1 aliphatic heterocycles. The molecule has 1 aromatic carbocycles. The first kappa shape index (κ1) is 22.0. The molecule has 0 saturated carbocycles. The van der Waals surface area contributed by atoms with Crippen LogP contribution < -0.4 is 10.1 Å². The Morgan fingerprint density at radius 1 is 1.44 bits per heavy atom. The van der Waals surface area contributed by atoms with E-state index >= 15 is 0 Å². The van der Waals surface area contributed by atoms with Crippen LogP contribution in [0.25, 0.3) is 0 Å². The van der Waals surface area contributed by atoms with Crippen LogP contribution in [0.4, 0.5) is 0 Å². The second-order valence-corrected chi connectivity index (χ2v) is 6.09. The van der Waals surface area contributed by atoms with Crippen LogP contribution in [0.3, 0.4) is 0 Å². The molecule has 0 amide bonds. The lowest BCUT2D eigenvalue weighted by Crippen LogP contribution is -2.41. The van der Waals surface area contributed by atoms with Crippen molar-refractivity contribution >= 4 is 29.9 Å². The maximum absolute atomic E-state index is 10.4. The normalized spacial score (nSPS) is 18.4. The fourth-order valence-electron chi connectivity index (χ4n) is 2.78. The molecule has 2 unspecified atom stereocenters. The van der Waals surface area contributed by atoms with Crippen molar-refractivity contribution in [2.24, 2.45) is 10.9 Å². The van der Waals surface area contributed by atoms with Crippen molar-refractivity contribution in [1.29, 1.82) is 0 Å². The number of rotatable bonds is 7. The standard InChI is InChI=1S/C18H29N3O3.HI/c1-4-19-18(21(2)12-14-9-10-24-13-14)20-11-17(22)15-5-7-16(23-3)8-6-15;/h5-8,14,17,22H,4,9-13H2,1-3H3,(H,19,20);1H. The highest BCUT2D eigenvalue weighted by Crippen LogP contribution is 2.18. The molecule has 7 heteroatoms. The van der Waals surface area contributed by atoms with Crippen molar-refractivity contribution in [3.8, 4) is 5.75 Å². The van der Waals surface area contributed by atoms with Crippen molar-refractivity contribution in [1.82, 2.24) is 10.2 Å². The number of aliphatic imine (C=N–C) groups is 1. The van der Waals surface area contributed by atoms with Gasteiger partial charge in [-0.2, -0.15) is 0 Å². The van der Waals surface area contributed by atoms with Gasteiger partial charge in [0.25, 0.3) is 0 Å². The predicted octanol–water partition coefficient (Wildman–Crippen LogP) is 2.28. The molecule has 0 aromatic heterocycles. The second kappa shape index (κ2) is 11.5. The van der Waals surface area contributed by atoms with Crippen LogP contribution in [0.5, 0.6) is 5.75 Å². The fraction of sp³-hybridized carbons (Fsp3) is 0.611. The summed E-state index contributed by atoms with van der Waals surface area (Å²) in [5.74, 6) is 2.14. The summed E-state index contributed by atoms with van der Waals surface area (Å²) < 4.78 is 10.6. The summed E-state index contributed by atoms with van der Waals surface area (Å²) in [6, 6.07) is 7.43. The largest absolute Gasteiger partial charge is 0.497 e. The first-order valence-electron chi connectivity index (χ1n) is 8.53. The number of nitrogens with one attached hydrogen (secondary N) is 1. The smallest absolute Gasteiger partial charge is 0.193 e. The molecule has 142 valence electrons. The van der Waals surface area contributed by atoms with E-state index in [1.165, 1.54) is 0 Å². The molecule has 1 heterocycles. The van der Waals surface area contributed by atoms with Gasteiger partial charge in [0.2, 0.25) is 0 Å². The van der Waals surface area contributed by atoms with E-state index in [0.717, 1.165) is 50.0 Å². The number of guanidine groups is 1. The maximum atomic E-state index is 10.4. The minimum atomic E-state index is -0.632. The Labute approximate surface area is 167 Å². The minimum Gasteiger partial charge on any atom is -0.497 e. The number of aliphatic hydroxyl groups excluding tert-OH is 1. The van der Waals surface area contributed by atoms with Gasteiger partial charge < -0.3 is 24.8 Å². The summed E-state index contributed by atoms with van der Waals surface area (Å²) in [7, 11) is 3.66. The Morgan fingerprint density at radius 2 is 2.16 bits per heavy atom. The first-order chi connectivity index (χ1) is 11.6. The summed E-state index contributed by atoms with van der Waals surface area (Å²) in [6.07, 6.45) is 0.464. The lowest BCUT2D eigenvalue weighted by atomic mass is 10.1. The lowest BCUT2D eigenvalue weighted by Gasteiger charge is -2.25. The van der Waals surface area contributed by atoms with Gasteiger partial charge in [0.15, 0.2) is 5.96 Å². The van der Waals surface area contributed by atoms with Gasteiger partial charge in [-0.15, -0.1) is 24.0 Å². The van der Waals surface area contributed by atoms with Gasteiger partial charge in [-0.3, -0.25) is 4.99 Å². The third-order valence-corrected chi connectivity index (χ3v) is 4.17. The zero-order chi connectivity index (χ0) is 17.4. The maximum Gasteiger partial charge on any atom is 0.193 e. The highest BCUT2D eigenvalue weighted by molar-refractivity contribution is 14.0. The van der Waals surface area contributed by atoms with Crippen LogP contribution in [0.2, 0.25) is 0 Å². The third-order valence-electron chi connectivity index (χ3n) is 4.17. The van der Waals surface area contributed by atoms with Gasteiger partial charge in [-0.1, -0.05) is 12.1 Å². The Morgan fingerprint density at radius 3 is 2.72 bits per heavy atom. The number of benzene rings is 1. The summed E-state index contributed by atoms with van der Waals surface area (Å²) >= 11 is 0. The van der Waals surface area contributed by atoms with Crippen LogP contribution >= 0.6 is 24.0 Å². The Hall–Kier alpha value is -1.06.